The second kappa shape index (κ2) is 9.88. The number of alkyl halides is 2. The number of hydrogen-bond donors (Lipinski definition) is 1. The number of rotatable bonds is 8. The summed E-state index contributed by atoms with van der Waals surface area (Å²) in [6.45, 7) is 7.32. The van der Waals surface area contributed by atoms with Crippen LogP contribution < -0.4 is 5.32 Å². The highest BCUT2D eigenvalue weighted by molar-refractivity contribution is 7.10. The molecule has 0 aromatic carbocycles. The lowest BCUT2D eigenvalue weighted by Crippen LogP contribution is -2.45. The summed E-state index contributed by atoms with van der Waals surface area (Å²) in [7, 11) is 0. The van der Waals surface area contributed by atoms with Gasteiger partial charge in [-0.3, -0.25) is 9.69 Å². The smallest absolute Gasteiger partial charge is 0.248 e. The molecule has 6 nitrogen and oxygen atoms in total. The molecule has 3 fully saturated rings. The predicted octanol–water partition coefficient (Wildman–Crippen LogP) is 5.62. The van der Waals surface area contributed by atoms with E-state index in [4.69, 9.17) is 0 Å². The van der Waals surface area contributed by atoms with Crippen LogP contribution in [0.25, 0.3) is 0 Å². The van der Waals surface area contributed by atoms with Gasteiger partial charge in [-0.25, -0.2) is 8.78 Å². The SMILES string of the molecule is Cc1nnc(C(C)C)n1C1C[C@H]2CC[C@@H](C1)N2CC[C@H](NC(=O)C1CCC(F)(F)C1)c1cccs1. The molecule has 2 aromatic rings. The first kappa shape index (κ1) is 24.8. The first-order valence-corrected chi connectivity index (χ1v) is 14.0. The van der Waals surface area contributed by atoms with Crippen LogP contribution in [0.2, 0.25) is 0 Å². The summed E-state index contributed by atoms with van der Waals surface area (Å²) < 4.78 is 29.7. The number of nitrogens with one attached hydrogen (secondary N) is 1. The van der Waals surface area contributed by atoms with Gasteiger partial charge in [-0.2, -0.15) is 0 Å². The van der Waals surface area contributed by atoms with E-state index >= 15 is 0 Å². The standard InChI is InChI=1S/C26H37F2N5OS/c1-16(2)24-31-30-17(3)33(24)21-13-19-6-7-20(14-21)32(19)11-9-22(23-5-4-12-35-23)29-25(34)18-8-10-26(27,28)15-18/h4-5,12,16,18-22H,6-11,13-15H2,1-3H3,(H,29,34)/t18?,19-,20+,21?,22-/m0/s1. The third-order valence-electron chi connectivity index (χ3n) is 8.29. The molecule has 2 aliphatic heterocycles. The molecular formula is C26H37F2N5OS. The van der Waals surface area contributed by atoms with Gasteiger partial charge < -0.3 is 9.88 Å². The Kier molecular flexibility index (Phi) is 7.00. The first-order valence-electron chi connectivity index (χ1n) is 13.1. The molecule has 1 amide bonds. The van der Waals surface area contributed by atoms with E-state index in [0.29, 0.717) is 24.0 Å². The van der Waals surface area contributed by atoms with E-state index in [1.54, 1.807) is 11.3 Å². The Morgan fingerprint density at radius 3 is 2.54 bits per heavy atom. The van der Waals surface area contributed by atoms with Crippen molar-refractivity contribution in [3.05, 3.63) is 34.0 Å². The molecule has 2 aromatic heterocycles. The van der Waals surface area contributed by atoms with Crippen LogP contribution in [0.1, 0.15) is 99.7 Å². The van der Waals surface area contributed by atoms with Crippen LogP contribution in [0.5, 0.6) is 0 Å². The van der Waals surface area contributed by atoms with Gasteiger partial charge in [0.15, 0.2) is 0 Å². The van der Waals surface area contributed by atoms with Crippen LogP contribution >= 0.6 is 11.3 Å². The second-order valence-corrected chi connectivity index (χ2v) is 12.0. The summed E-state index contributed by atoms with van der Waals surface area (Å²) in [5.74, 6) is -1.07. The molecule has 0 spiro atoms. The van der Waals surface area contributed by atoms with Crippen molar-refractivity contribution in [3.63, 3.8) is 0 Å². The van der Waals surface area contributed by atoms with Crippen LogP contribution in [-0.2, 0) is 4.79 Å². The number of piperidine rings is 1. The van der Waals surface area contributed by atoms with Crippen molar-refractivity contribution in [2.24, 2.45) is 5.92 Å². The second-order valence-electron chi connectivity index (χ2n) is 11.0. The Bertz CT molecular complexity index is 1010. The van der Waals surface area contributed by atoms with Crippen LogP contribution in [0.4, 0.5) is 8.78 Å². The molecule has 2 saturated heterocycles. The maximum absolute atomic E-state index is 13.7. The van der Waals surface area contributed by atoms with Crippen molar-refractivity contribution in [1.29, 1.82) is 0 Å². The maximum Gasteiger partial charge on any atom is 0.248 e. The molecule has 2 unspecified atom stereocenters. The number of hydrogen-bond acceptors (Lipinski definition) is 5. The minimum Gasteiger partial charge on any atom is -0.348 e. The lowest BCUT2D eigenvalue weighted by molar-refractivity contribution is -0.126. The topological polar surface area (TPSA) is 63.1 Å². The summed E-state index contributed by atoms with van der Waals surface area (Å²) in [5, 5.41) is 14.0. The van der Waals surface area contributed by atoms with Gasteiger partial charge in [0.2, 0.25) is 11.8 Å². The van der Waals surface area contributed by atoms with E-state index in [2.05, 4.69) is 45.8 Å². The zero-order chi connectivity index (χ0) is 24.7. The molecule has 1 saturated carbocycles. The van der Waals surface area contributed by atoms with Crippen molar-refractivity contribution >= 4 is 17.2 Å². The Labute approximate surface area is 210 Å². The Morgan fingerprint density at radius 1 is 1.20 bits per heavy atom. The highest BCUT2D eigenvalue weighted by atomic mass is 32.1. The number of aromatic nitrogens is 3. The fraction of sp³-hybridized carbons (Fsp3) is 0.731. The number of thiophene rings is 1. The summed E-state index contributed by atoms with van der Waals surface area (Å²) in [6.07, 6.45) is 5.17. The monoisotopic (exact) mass is 505 g/mol. The fourth-order valence-electron chi connectivity index (χ4n) is 6.57. The molecule has 3 aliphatic rings. The number of carbonyl (C=O) groups excluding carboxylic acids is 1. The minimum atomic E-state index is -2.71. The Morgan fingerprint density at radius 2 is 1.94 bits per heavy atom. The van der Waals surface area contributed by atoms with Crippen LogP contribution in [0, 0.1) is 12.8 Å². The molecule has 9 heteroatoms. The lowest BCUT2D eigenvalue weighted by Gasteiger charge is -2.40. The normalized spacial score (nSPS) is 29.1. The molecular weight excluding hydrogens is 468 g/mol. The average molecular weight is 506 g/mol. The average Bonchev–Trinajstić information content (AvgIpc) is 3.58. The van der Waals surface area contributed by atoms with Crippen molar-refractivity contribution in [1.82, 2.24) is 25.0 Å². The lowest BCUT2D eigenvalue weighted by atomic mass is 9.95. The molecule has 35 heavy (non-hydrogen) atoms. The van der Waals surface area contributed by atoms with Gasteiger partial charge in [-0.15, -0.1) is 21.5 Å². The van der Waals surface area contributed by atoms with Gasteiger partial charge in [0.05, 0.1) is 6.04 Å². The Hall–Kier alpha value is -1.87. The van der Waals surface area contributed by atoms with Crippen molar-refractivity contribution in [2.45, 2.75) is 108 Å². The number of halogens is 2. The van der Waals surface area contributed by atoms with Crippen molar-refractivity contribution in [3.8, 4) is 0 Å². The third kappa shape index (κ3) is 5.17. The first-order chi connectivity index (χ1) is 16.7. The zero-order valence-corrected chi connectivity index (χ0v) is 21.7. The molecule has 0 radical (unpaired) electrons. The highest BCUT2D eigenvalue weighted by Gasteiger charge is 2.44. The molecule has 2 bridgehead atoms. The van der Waals surface area contributed by atoms with E-state index in [1.165, 1.54) is 12.8 Å². The van der Waals surface area contributed by atoms with E-state index in [0.717, 1.165) is 42.3 Å². The van der Waals surface area contributed by atoms with Gasteiger partial charge in [0.25, 0.3) is 0 Å². The number of aryl methyl sites for hydroxylation is 1. The van der Waals surface area contributed by atoms with Gasteiger partial charge in [-0.05, 0) is 56.9 Å². The quantitative estimate of drug-likeness (QED) is 0.506. The number of carbonyl (C=O) groups is 1. The number of nitrogens with zero attached hydrogens (tertiary/aromatic N) is 4. The third-order valence-corrected chi connectivity index (χ3v) is 9.27. The van der Waals surface area contributed by atoms with Crippen molar-refractivity contribution < 1.29 is 13.6 Å². The summed E-state index contributed by atoms with van der Waals surface area (Å²) in [5.41, 5.74) is 0. The molecule has 5 rings (SSSR count). The van der Waals surface area contributed by atoms with E-state index < -0.39 is 11.8 Å². The highest BCUT2D eigenvalue weighted by Crippen LogP contribution is 2.43. The van der Waals surface area contributed by atoms with E-state index in [1.807, 2.05) is 17.5 Å². The van der Waals surface area contributed by atoms with Crippen LogP contribution in [-0.4, -0.2) is 50.1 Å². The summed E-state index contributed by atoms with van der Waals surface area (Å²) in [4.78, 5) is 16.6. The molecule has 1 N–H and O–H groups in total. The summed E-state index contributed by atoms with van der Waals surface area (Å²) in [6, 6.07) is 5.39. The Balaban J connectivity index is 1.24. The molecule has 192 valence electrons. The zero-order valence-electron chi connectivity index (χ0n) is 20.9. The minimum absolute atomic E-state index is 0.124. The maximum atomic E-state index is 13.7. The number of amides is 1. The molecule has 4 heterocycles. The molecule has 5 atom stereocenters. The summed E-state index contributed by atoms with van der Waals surface area (Å²) >= 11 is 1.63. The molecule has 1 aliphatic carbocycles. The van der Waals surface area contributed by atoms with Gasteiger partial charge in [-0.1, -0.05) is 19.9 Å². The largest absolute Gasteiger partial charge is 0.348 e. The predicted molar refractivity (Wildman–Crippen MR) is 133 cm³/mol. The van der Waals surface area contributed by atoms with Gasteiger partial charge in [0.1, 0.15) is 11.6 Å². The van der Waals surface area contributed by atoms with Gasteiger partial charge in [0, 0.05) is 54.2 Å². The van der Waals surface area contributed by atoms with Crippen LogP contribution in [0.15, 0.2) is 17.5 Å². The van der Waals surface area contributed by atoms with Gasteiger partial charge >= 0.3 is 0 Å². The van der Waals surface area contributed by atoms with E-state index in [-0.39, 0.29) is 31.2 Å². The number of fused-ring (bicyclic) bond motifs is 2. The fourth-order valence-corrected chi connectivity index (χ4v) is 7.38. The van der Waals surface area contributed by atoms with Crippen LogP contribution in [0.3, 0.4) is 0 Å². The van der Waals surface area contributed by atoms with E-state index in [9.17, 15) is 13.6 Å². The van der Waals surface area contributed by atoms with Crippen molar-refractivity contribution in [2.75, 3.05) is 6.54 Å².